The van der Waals surface area contributed by atoms with Crippen LogP contribution >= 0.6 is 0 Å². The van der Waals surface area contributed by atoms with Crippen molar-refractivity contribution in [1.29, 1.82) is 5.26 Å². The molecule has 25 heavy (non-hydrogen) atoms. The third-order valence-electron chi connectivity index (χ3n) is 9.01. The van der Waals surface area contributed by atoms with Crippen LogP contribution in [0.25, 0.3) is 0 Å². The van der Waals surface area contributed by atoms with E-state index in [2.05, 4.69) is 32.1 Å². The fraction of sp³-hybridized carbons (Fsp3) is 0.870. The van der Waals surface area contributed by atoms with Crippen LogP contribution < -0.4 is 0 Å². The second-order valence-electron chi connectivity index (χ2n) is 9.74. The summed E-state index contributed by atoms with van der Waals surface area (Å²) in [6, 6.07) is 2.64. The molecule has 4 fully saturated rings. The van der Waals surface area contributed by atoms with Crippen molar-refractivity contribution in [2.75, 3.05) is 0 Å². The maximum atomic E-state index is 11.4. The molecule has 0 amide bonds. The van der Waals surface area contributed by atoms with Gasteiger partial charge in [-0.15, -0.1) is 0 Å². The predicted molar refractivity (Wildman–Crippen MR) is 101 cm³/mol. The number of rotatable bonds is 2. The third kappa shape index (κ3) is 2.53. The molecule has 0 bridgehead atoms. The molecule has 4 rings (SSSR count). The van der Waals surface area contributed by atoms with Gasteiger partial charge in [-0.05, 0) is 87.4 Å². The standard InChI is InChI=1S/C23H35NO/c1-3-4-12-23(25)14-11-21-20-9-8-17-16(15-24)6-5-7-18(17)19(20)10-13-22(21,23)2/h4,12,16-21,25H,3,5-11,13-14H2,1-2H3/t16?,17?,18?,19?,20?,21?,22-,23-/m0/s1. The van der Waals surface area contributed by atoms with Gasteiger partial charge in [-0.1, -0.05) is 32.4 Å². The Bertz CT molecular complexity index is 577. The maximum absolute atomic E-state index is 11.4. The molecule has 0 spiro atoms. The van der Waals surface area contributed by atoms with Gasteiger partial charge in [-0.25, -0.2) is 0 Å². The van der Waals surface area contributed by atoms with Crippen molar-refractivity contribution in [3.05, 3.63) is 12.2 Å². The molecule has 0 aromatic carbocycles. The first-order valence-electron chi connectivity index (χ1n) is 10.8. The van der Waals surface area contributed by atoms with Gasteiger partial charge in [-0.2, -0.15) is 5.26 Å². The van der Waals surface area contributed by atoms with E-state index >= 15 is 0 Å². The first-order chi connectivity index (χ1) is 12.0. The van der Waals surface area contributed by atoms with E-state index in [1.165, 1.54) is 44.9 Å². The molecule has 2 heteroatoms. The molecule has 138 valence electrons. The summed E-state index contributed by atoms with van der Waals surface area (Å²) < 4.78 is 0. The largest absolute Gasteiger partial charge is 0.385 e. The predicted octanol–water partition coefficient (Wildman–Crippen LogP) is 5.48. The Hall–Kier alpha value is -0.810. The highest BCUT2D eigenvalue weighted by Gasteiger charge is 2.62. The topological polar surface area (TPSA) is 44.0 Å². The highest BCUT2D eigenvalue weighted by atomic mass is 16.3. The van der Waals surface area contributed by atoms with Crippen LogP contribution in [0.1, 0.15) is 78.1 Å². The Morgan fingerprint density at radius 2 is 1.76 bits per heavy atom. The number of fused-ring (bicyclic) bond motifs is 5. The molecule has 0 saturated heterocycles. The second kappa shape index (κ2) is 6.41. The molecular formula is C23H35NO. The molecule has 0 aromatic rings. The van der Waals surface area contributed by atoms with Crippen LogP contribution in [0, 0.1) is 52.3 Å². The normalized spacial score (nSPS) is 52.2. The highest BCUT2D eigenvalue weighted by molar-refractivity contribution is 5.19. The van der Waals surface area contributed by atoms with Crippen LogP contribution in [-0.2, 0) is 0 Å². The number of nitriles is 1. The van der Waals surface area contributed by atoms with E-state index in [0.29, 0.717) is 17.8 Å². The van der Waals surface area contributed by atoms with Gasteiger partial charge in [0.2, 0.25) is 0 Å². The van der Waals surface area contributed by atoms with Crippen molar-refractivity contribution < 1.29 is 5.11 Å². The van der Waals surface area contributed by atoms with E-state index in [9.17, 15) is 10.4 Å². The molecule has 1 N–H and O–H groups in total. The lowest BCUT2D eigenvalue weighted by Crippen LogP contribution is -2.53. The number of allylic oxidation sites excluding steroid dienone is 1. The van der Waals surface area contributed by atoms with E-state index in [1.54, 1.807) is 0 Å². The zero-order chi connectivity index (χ0) is 17.7. The molecule has 0 heterocycles. The Labute approximate surface area is 153 Å². The summed E-state index contributed by atoms with van der Waals surface area (Å²) in [5.41, 5.74) is -0.521. The minimum Gasteiger partial charge on any atom is -0.385 e. The van der Waals surface area contributed by atoms with Crippen molar-refractivity contribution >= 4 is 0 Å². The average molecular weight is 342 g/mol. The van der Waals surface area contributed by atoms with E-state index in [-0.39, 0.29) is 5.41 Å². The lowest BCUT2D eigenvalue weighted by Gasteiger charge is -2.57. The van der Waals surface area contributed by atoms with E-state index < -0.39 is 5.60 Å². The summed E-state index contributed by atoms with van der Waals surface area (Å²) in [6.07, 6.45) is 16.2. The summed E-state index contributed by atoms with van der Waals surface area (Å²) in [5, 5.41) is 21.0. The van der Waals surface area contributed by atoms with Crippen molar-refractivity contribution in [1.82, 2.24) is 0 Å². The Kier molecular flexibility index (Phi) is 4.52. The first-order valence-corrected chi connectivity index (χ1v) is 10.8. The second-order valence-corrected chi connectivity index (χ2v) is 9.74. The minimum atomic E-state index is -0.586. The zero-order valence-corrected chi connectivity index (χ0v) is 16.1. The minimum absolute atomic E-state index is 0.0654. The molecule has 0 aliphatic heterocycles. The Morgan fingerprint density at radius 1 is 1.00 bits per heavy atom. The van der Waals surface area contributed by atoms with Gasteiger partial charge in [0, 0.05) is 11.3 Å². The van der Waals surface area contributed by atoms with Crippen molar-refractivity contribution in [3.8, 4) is 6.07 Å². The van der Waals surface area contributed by atoms with Crippen molar-refractivity contribution in [2.24, 2.45) is 40.9 Å². The van der Waals surface area contributed by atoms with Gasteiger partial charge < -0.3 is 5.11 Å². The molecule has 0 aromatic heterocycles. The number of hydrogen-bond donors (Lipinski definition) is 1. The fourth-order valence-corrected chi connectivity index (χ4v) is 7.69. The lowest BCUT2D eigenvalue weighted by atomic mass is 9.48. The lowest BCUT2D eigenvalue weighted by molar-refractivity contribution is -0.112. The summed E-state index contributed by atoms with van der Waals surface area (Å²) in [4.78, 5) is 0. The van der Waals surface area contributed by atoms with E-state index in [1.807, 2.05) is 0 Å². The van der Waals surface area contributed by atoms with Crippen LogP contribution in [-0.4, -0.2) is 10.7 Å². The highest BCUT2D eigenvalue weighted by Crippen LogP contribution is 2.65. The SMILES string of the molecule is CCC=C[C@]1(O)CCC2C3CCC4C(C#N)CCCC4C3CC[C@@]21C. The van der Waals surface area contributed by atoms with Crippen molar-refractivity contribution in [3.63, 3.8) is 0 Å². The summed E-state index contributed by atoms with van der Waals surface area (Å²) in [6.45, 7) is 4.54. The van der Waals surface area contributed by atoms with Gasteiger partial charge in [0.1, 0.15) is 0 Å². The fourth-order valence-electron chi connectivity index (χ4n) is 7.69. The smallest absolute Gasteiger partial charge is 0.0883 e. The molecule has 0 radical (unpaired) electrons. The van der Waals surface area contributed by atoms with Crippen LogP contribution in [0.3, 0.4) is 0 Å². The molecule has 4 aliphatic rings. The van der Waals surface area contributed by atoms with Crippen LogP contribution in [0.2, 0.25) is 0 Å². The Balaban J connectivity index is 1.58. The molecule has 8 atom stereocenters. The molecule has 4 aliphatic carbocycles. The quantitative estimate of drug-likeness (QED) is 0.676. The van der Waals surface area contributed by atoms with Gasteiger partial charge in [0.05, 0.1) is 11.7 Å². The van der Waals surface area contributed by atoms with Crippen LogP contribution in [0.4, 0.5) is 0 Å². The van der Waals surface area contributed by atoms with Gasteiger partial charge >= 0.3 is 0 Å². The maximum Gasteiger partial charge on any atom is 0.0883 e. The average Bonchev–Trinajstić information content (AvgIpc) is 2.90. The monoisotopic (exact) mass is 341 g/mol. The number of nitrogens with zero attached hydrogens (tertiary/aromatic N) is 1. The number of hydrogen-bond acceptors (Lipinski definition) is 2. The van der Waals surface area contributed by atoms with E-state index in [4.69, 9.17) is 0 Å². The van der Waals surface area contributed by atoms with Crippen molar-refractivity contribution in [2.45, 2.75) is 83.7 Å². The molecular weight excluding hydrogens is 306 g/mol. The molecule has 4 saturated carbocycles. The summed E-state index contributed by atoms with van der Waals surface area (Å²) in [5.74, 6) is 4.08. The molecule has 6 unspecified atom stereocenters. The van der Waals surface area contributed by atoms with Crippen LogP contribution in [0.15, 0.2) is 12.2 Å². The third-order valence-corrected chi connectivity index (χ3v) is 9.01. The number of aliphatic hydroxyl groups is 1. The van der Waals surface area contributed by atoms with Gasteiger partial charge in [-0.3, -0.25) is 0 Å². The summed E-state index contributed by atoms with van der Waals surface area (Å²) in [7, 11) is 0. The van der Waals surface area contributed by atoms with Gasteiger partial charge in [0.25, 0.3) is 0 Å². The molecule has 2 nitrogen and oxygen atoms in total. The first kappa shape index (κ1) is 17.6. The van der Waals surface area contributed by atoms with Gasteiger partial charge in [0.15, 0.2) is 0 Å². The Morgan fingerprint density at radius 3 is 2.52 bits per heavy atom. The van der Waals surface area contributed by atoms with E-state index in [0.717, 1.165) is 37.0 Å². The van der Waals surface area contributed by atoms with Crippen LogP contribution in [0.5, 0.6) is 0 Å². The zero-order valence-electron chi connectivity index (χ0n) is 16.1. The summed E-state index contributed by atoms with van der Waals surface area (Å²) >= 11 is 0.